The molecule has 0 radical (unpaired) electrons. The SMILES string of the molecule is O=C(CCl)NC(=O)C1CCCCC1. The highest BCUT2D eigenvalue weighted by atomic mass is 35.5. The molecule has 1 fully saturated rings. The molecular formula is C9H14ClNO2. The molecule has 0 atom stereocenters. The van der Waals surface area contributed by atoms with Crippen LogP contribution in [0.1, 0.15) is 32.1 Å². The number of rotatable bonds is 2. The Kier molecular flexibility index (Phi) is 4.22. The summed E-state index contributed by atoms with van der Waals surface area (Å²) in [5, 5.41) is 2.29. The molecule has 0 bridgehead atoms. The molecule has 0 aliphatic heterocycles. The van der Waals surface area contributed by atoms with E-state index in [0.29, 0.717) is 0 Å². The highest BCUT2D eigenvalue weighted by Crippen LogP contribution is 2.23. The van der Waals surface area contributed by atoms with Gasteiger partial charge in [0.25, 0.3) is 0 Å². The summed E-state index contributed by atoms with van der Waals surface area (Å²) in [5.74, 6) is -0.651. The molecule has 0 aromatic heterocycles. The molecule has 0 unspecified atom stereocenters. The molecule has 4 heteroatoms. The summed E-state index contributed by atoms with van der Waals surface area (Å²) >= 11 is 5.27. The number of imide groups is 1. The molecule has 1 aliphatic carbocycles. The molecule has 3 nitrogen and oxygen atoms in total. The highest BCUT2D eigenvalue weighted by Gasteiger charge is 2.21. The molecule has 13 heavy (non-hydrogen) atoms. The lowest BCUT2D eigenvalue weighted by Crippen LogP contribution is -2.37. The van der Waals surface area contributed by atoms with Gasteiger partial charge in [-0.2, -0.15) is 0 Å². The Balaban J connectivity index is 2.33. The number of carbonyl (C=O) groups is 2. The second-order valence-corrected chi connectivity index (χ2v) is 3.65. The van der Waals surface area contributed by atoms with Crippen molar-refractivity contribution in [2.24, 2.45) is 5.92 Å². The predicted octanol–water partition coefficient (Wildman–Crippen LogP) is 1.45. The van der Waals surface area contributed by atoms with Crippen molar-refractivity contribution >= 4 is 23.4 Å². The first-order chi connectivity index (χ1) is 6.24. The van der Waals surface area contributed by atoms with Crippen LogP contribution >= 0.6 is 11.6 Å². The minimum atomic E-state index is -0.391. The zero-order valence-electron chi connectivity index (χ0n) is 7.51. The number of hydrogen-bond acceptors (Lipinski definition) is 2. The van der Waals surface area contributed by atoms with E-state index in [9.17, 15) is 9.59 Å². The monoisotopic (exact) mass is 203 g/mol. The first-order valence-electron chi connectivity index (χ1n) is 4.63. The lowest BCUT2D eigenvalue weighted by Gasteiger charge is -2.19. The fourth-order valence-electron chi connectivity index (χ4n) is 1.64. The Morgan fingerprint density at radius 1 is 1.23 bits per heavy atom. The normalized spacial score (nSPS) is 18.2. The average molecular weight is 204 g/mol. The lowest BCUT2D eigenvalue weighted by atomic mass is 9.89. The quantitative estimate of drug-likeness (QED) is 0.691. The molecule has 0 aromatic rings. The van der Waals surface area contributed by atoms with E-state index in [4.69, 9.17) is 11.6 Å². The van der Waals surface area contributed by atoms with Gasteiger partial charge < -0.3 is 0 Å². The van der Waals surface area contributed by atoms with Crippen LogP contribution in [0.5, 0.6) is 0 Å². The van der Waals surface area contributed by atoms with Gasteiger partial charge in [0.1, 0.15) is 5.88 Å². The summed E-state index contributed by atoms with van der Waals surface area (Å²) < 4.78 is 0. The maximum atomic E-state index is 11.4. The van der Waals surface area contributed by atoms with Gasteiger partial charge in [-0.25, -0.2) is 0 Å². The van der Waals surface area contributed by atoms with E-state index in [1.54, 1.807) is 0 Å². The van der Waals surface area contributed by atoms with Crippen LogP contribution < -0.4 is 5.32 Å². The van der Waals surface area contributed by atoms with Crippen molar-refractivity contribution in [2.45, 2.75) is 32.1 Å². The minimum absolute atomic E-state index is 0.0286. The molecule has 74 valence electrons. The second-order valence-electron chi connectivity index (χ2n) is 3.38. The molecular weight excluding hydrogens is 190 g/mol. The van der Waals surface area contributed by atoms with Crippen LogP contribution in [0, 0.1) is 5.92 Å². The van der Waals surface area contributed by atoms with Crippen LogP contribution in [-0.4, -0.2) is 17.7 Å². The Morgan fingerprint density at radius 3 is 2.38 bits per heavy atom. The molecule has 1 saturated carbocycles. The van der Waals surface area contributed by atoms with Gasteiger partial charge >= 0.3 is 0 Å². The fourth-order valence-corrected chi connectivity index (χ4v) is 1.70. The van der Waals surface area contributed by atoms with Gasteiger partial charge in [-0.1, -0.05) is 19.3 Å². The Morgan fingerprint density at radius 2 is 1.85 bits per heavy atom. The van der Waals surface area contributed by atoms with Crippen molar-refractivity contribution in [2.75, 3.05) is 5.88 Å². The van der Waals surface area contributed by atoms with Gasteiger partial charge in [-0.3, -0.25) is 14.9 Å². The number of carbonyl (C=O) groups excluding carboxylic acids is 2. The third-order valence-electron chi connectivity index (χ3n) is 2.36. The largest absolute Gasteiger partial charge is 0.295 e. The first kappa shape index (κ1) is 10.5. The summed E-state index contributed by atoms with van der Waals surface area (Å²) in [6.45, 7) is 0. The molecule has 0 heterocycles. The van der Waals surface area contributed by atoms with Crippen molar-refractivity contribution < 1.29 is 9.59 Å². The van der Waals surface area contributed by atoms with Crippen LogP contribution in [0.15, 0.2) is 0 Å². The summed E-state index contributed by atoms with van der Waals surface area (Å²) in [4.78, 5) is 22.2. The van der Waals surface area contributed by atoms with Gasteiger partial charge in [0.05, 0.1) is 0 Å². The zero-order valence-corrected chi connectivity index (χ0v) is 8.27. The fraction of sp³-hybridized carbons (Fsp3) is 0.778. The third kappa shape index (κ3) is 3.35. The van der Waals surface area contributed by atoms with E-state index < -0.39 is 5.91 Å². The molecule has 2 amide bonds. The Labute approximate surface area is 82.8 Å². The average Bonchev–Trinajstić information content (AvgIpc) is 2.19. The van der Waals surface area contributed by atoms with Gasteiger partial charge in [0, 0.05) is 5.92 Å². The van der Waals surface area contributed by atoms with Crippen molar-refractivity contribution in [3.8, 4) is 0 Å². The van der Waals surface area contributed by atoms with Crippen LogP contribution in [0.4, 0.5) is 0 Å². The van der Waals surface area contributed by atoms with Crippen LogP contribution in [-0.2, 0) is 9.59 Å². The summed E-state index contributed by atoms with van der Waals surface area (Å²) in [6.07, 6.45) is 5.19. The van der Waals surface area contributed by atoms with Crippen molar-refractivity contribution in [3.05, 3.63) is 0 Å². The second kappa shape index (κ2) is 5.22. The standard InChI is InChI=1S/C9H14ClNO2/c10-6-8(12)11-9(13)7-4-2-1-3-5-7/h7H,1-6H2,(H,11,12,13). The van der Waals surface area contributed by atoms with Gasteiger partial charge in [-0.15, -0.1) is 11.6 Å². The summed E-state index contributed by atoms with van der Waals surface area (Å²) in [5.41, 5.74) is 0. The zero-order chi connectivity index (χ0) is 9.68. The smallest absolute Gasteiger partial charge is 0.241 e. The van der Waals surface area contributed by atoms with E-state index in [0.717, 1.165) is 25.7 Å². The summed E-state index contributed by atoms with van der Waals surface area (Å²) in [6, 6.07) is 0. The van der Waals surface area contributed by atoms with Gasteiger partial charge in [0.2, 0.25) is 11.8 Å². The molecule has 1 N–H and O–H groups in total. The highest BCUT2D eigenvalue weighted by molar-refractivity contribution is 6.28. The Hall–Kier alpha value is -0.570. The van der Waals surface area contributed by atoms with Crippen LogP contribution in [0.25, 0.3) is 0 Å². The van der Waals surface area contributed by atoms with Gasteiger partial charge in [0.15, 0.2) is 0 Å². The van der Waals surface area contributed by atoms with E-state index in [1.807, 2.05) is 0 Å². The topological polar surface area (TPSA) is 46.2 Å². The maximum Gasteiger partial charge on any atom is 0.241 e. The molecule has 0 saturated heterocycles. The first-order valence-corrected chi connectivity index (χ1v) is 5.17. The number of alkyl halides is 1. The lowest BCUT2D eigenvalue weighted by molar-refractivity contribution is -0.132. The number of hydrogen-bond donors (Lipinski definition) is 1. The van der Waals surface area contributed by atoms with E-state index in [1.165, 1.54) is 6.42 Å². The third-order valence-corrected chi connectivity index (χ3v) is 2.60. The van der Waals surface area contributed by atoms with Gasteiger partial charge in [-0.05, 0) is 12.8 Å². The van der Waals surface area contributed by atoms with Crippen molar-refractivity contribution in [3.63, 3.8) is 0 Å². The maximum absolute atomic E-state index is 11.4. The molecule has 1 rings (SSSR count). The van der Waals surface area contributed by atoms with E-state index >= 15 is 0 Å². The van der Waals surface area contributed by atoms with Crippen molar-refractivity contribution in [1.29, 1.82) is 0 Å². The van der Waals surface area contributed by atoms with Crippen LogP contribution in [0.2, 0.25) is 0 Å². The number of halogens is 1. The summed E-state index contributed by atoms with van der Waals surface area (Å²) in [7, 11) is 0. The number of nitrogens with one attached hydrogen (secondary N) is 1. The van der Waals surface area contributed by atoms with E-state index in [-0.39, 0.29) is 17.7 Å². The van der Waals surface area contributed by atoms with Crippen molar-refractivity contribution in [1.82, 2.24) is 5.32 Å². The van der Waals surface area contributed by atoms with Crippen LogP contribution in [0.3, 0.4) is 0 Å². The molecule has 0 aromatic carbocycles. The van der Waals surface area contributed by atoms with E-state index in [2.05, 4.69) is 5.32 Å². The Bertz CT molecular complexity index is 200. The number of amides is 2. The predicted molar refractivity (Wildman–Crippen MR) is 50.4 cm³/mol. The minimum Gasteiger partial charge on any atom is -0.295 e. The molecule has 1 aliphatic rings. The molecule has 0 spiro atoms.